The summed E-state index contributed by atoms with van der Waals surface area (Å²) >= 11 is 0. The van der Waals surface area contributed by atoms with Gasteiger partial charge in [-0.1, -0.05) is 6.07 Å². The molecule has 2 N–H and O–H groups in total. The summed E-state index contributed by atoms with van der Waals surface area (Å²) in [6, 6.07) is 4.58. The molecule has 0 bridgehead atoms. The molecule has 1 saturated heterocycles. The molecule has 1 aromatic carbocycles. The van der Waals surface area contributed by atoms with Gasteiger partial charge in [-0.2, -0.15) is 0 Å². The van der Waals surface area contributed by atoms with E-state index in [0.29, 0.717) is 11.1 Å². The van der Waals surface area contributed by atoms with E-state index in [0.717, 1.165) is 25.9 Å². The number of nitrogens with one attached hydrogen (secondary N) is 2. The van der Waals surface area contributed by atoms with Gasteiger partial charge < -0.3 is 10.6 Å². The molecular formula is C14H19N3O3. The molecule has 1 aliphatic heterocycles. The van der Waals surface area contributed by atoms with E-state index in [1.165, 1.54) is 6.07 Å². The zero-order valence-electron chi connectivity index (χ0n) is 11.7. The van der Waals surface area contributed by atoms with Crippen molar-refractivity contribution in [2.24, 2.45) is 0 Å². The monoisotopic (exact) mass is 277 g/mol. The fraction of sp³-hybridized carbons (Fsp3) is 0.500. The minimum atomic E-state index is -0.460. The highest BCUT2D eigenvalue weighted by Crippen LogP contribution is 2.21. The van der Waals surface area contributed by atoms with Crippen molar-refractivity contribution in [1.29, 1.82) is 0 Å². The molecular weight excluding hydrogens is 258 g/mol. The number of rotatable bonds is 3. The highest BCUT2D eigenvalue weighted by Gasteiger charge is 2.29. The Morgan fingerprint density at radius 2 is 2.05 bits per heavy atom. The Bertz CT molecular complexity index is 536. The van der Waals surface area contributed by atoms with Gasteiger partial charge in [-0.25, -0.2) is 0 Å². The number of nitro groups is 1. The lowest BCUT2D eigenvalue weighted by Crippen LogP contribution is -2.52. The van der Waals surface area contributed by atoms with Gasteiger partial charge in [0, 0.05) is 22.7 Å². The first-order valence-electron chi connectivity index (χ1n) is 6.70. The van der Waals surface area contributed by atoms with Crippen LogP contribution in [0.2, 0.25) is 0 Å². The van der Waals surface area contributed by atoms with E-state index in [9.17, 15) is 14.9 Å². The number of hydrogen-bond acceptors (Lipinski definition) is 4. The summed E-state index contributed by atoms with van der Waals surface area (Å²) in [5.74, 6) is -0.252. The average molecular weight is 277 g/mol. The van der Waals surface area contributed by atoms with Crippen molar-refractivity contribution in [3.8, 4) is 0 Å². The SMILES string of the molecule is Cc1ccc(C(=O)NC2(C)CCNCC2)cc1[N+](=O)[O-]. The second kappa shape index (κ2) is 5.58. The summed E-state index contributed by atoms with van der Waals surface area (Å²) in [6.45, 7) is 5.40. The third-order valence-corrected chi connectivity index (χ3v) is 3.79. The normalized spacial score (nSPS) is 17.5. The molecule has 0 aromatic heterocycles. The molecule has 6 nitrogen and oxygen atoms in total. The van der Waals surface area contributed by atoms with Gasteiger partial charge in [0.25, 0.3) is 11.6 Å². The molecule has 2 rings (SSSR count). The fourth-order valence-electron chi connectivity index (χ4n) is 2.40. The number of nitro benzene ring substituents is 1. The zero-order valence-corrected chi connectivity index (χ0v) is 11.7. The van der Waals surface area contributed by atoms with Crippen molar-refractivity contribution in [1.82, 2.24) is 10.6 Å². The van der Waals surface area contributed by atoms with Crippen LogP contribution in [-0.2, 0) is 0 Å². The Labute approximate surface area is 117 Å². The van der Waals surface area contributed by atoms with Gasteiger partial charge in [-0.3, -0.25) is 14.9 Å². The quantitative estimate of drug-likeness (QED) is 0.651. The van der Waals surface area contributed by atoms with Crippen LogP contribution in [0.25, 0.3) is 0 Å². The number of amides is 1. The lowest BCUT2D eigenvalue weighted by atomic mass is 9.90. The zero-order chi connectivity index (χ0) is 14.8. The number of carbonyl (C=O) groups excluding carboxylic acids is 1. The van der Waals surface area contributed by atoms with Crippen LogP contribution in [0.5, 0.6) is 0 Å². The Balaban J connectivity index is 2.17. The highest BCUT2D eigenvalue weighted by molar-refractivity contribution is 5.95. The van der Waals surface area contributed by atoms with Gasteiger partial charge in [0.2, 0.25) is 0 Å². The Kier molecular flexibility index (Phi) is 4.04. The largest absolute Gasteiger partial charge is 0.347 e. The number of piperidine rings is 1. The van der Waals surface area contributed by atoms with E-state index in [1.807, 2.05) is 6.92 Å². The maximum atomic E-state index is 12.3. The minimum Gasteiger partial charge on any atom is -0.347 e. The van der Waals surface area contributed by atoms with Crippen LogP contribution in [-0.4, -0.2) is 29.5 Å². The predicted molar refractivity (Wildman–Crippen MR) is 75.8 cm³/mol. The van der Waals surface area contributed by atoms with Crippen LogP contribution in [0, 0.1) is 17.0 Å². The molecule has 1 aromatic rings. The number of benzene rings is 1. The number of hydrogen-bond donors (Lipinski definition) is 2. The second-order valence-corrected chi connectivity index (χ2v) is 5.52. The molecule has 0 unspecified atom stereocenters. The summed E-state index contributed by atoms with van der Waals surface area (Å²) < 4.78 is 0. The summed E-state index contributed by atoms with van der Waals surface area (Å²) in [4.78, 5) is 22.7. The molecule has 1 fully saturated rings. The van der Waals surface area contributed by atoms with Gasteiger partial charge in [0.15, 0.2) is 0 Å². The van der Waals surface area contributed by atoms with Crippen molar-refractivity contribution in [2.75, 3.05) is 13.1 Å². The standard InChI is InChI=1S/C14H19N3O3/c1-10-3-4-11(9-12(10)17(19)20)13(18)16-14(2)5-7-15-8-6-14/h3-4,9,15H,5-8H2,1-2H3,(H,16,18). The first-order valence-corrected chi connectivity index (χ1v) is 6.70. The number of nitrogens with zero attached hydrogens (tertiary/aromatic N) is 1. The number of carbonyl (C=O) groups is 1. The van der Waals surface area contributed by atoms with Crippen molar-refractivity contribution in [2.45, 2.75) is 32.2 Å². The fourth-order valence-corrected chi connectivity index (χ4v) is 2.40. The van der Waals surface area contributed by atoms with Crippen LogP contribution in [0.4, 0.5) is 5.69 Å². The third-order valence-electron chi connectivity index (χ3n) is 3.79. The summed E-state index contributed by atoms with van der Waals surface area (Å²) in [5, 5.41) is 17.2. The van der Waals surface area contributed by atoms with Gasteiger partial charge >= 0.3 is 0 Å². The predicted octanol–water partition coefficient (Wildman–Crippen LogP) is 1.78. The van der Waals surface area contributed by atoms with Crippen LogP contribution < -0.4 is 10.6 Å². The summed E-state index contributed by atoms with van der Waals surface area (Å²) in [5.41, 5.74) is 0.622. The van der Waals surface area contributed by atoms with E-state index in [2.05, 4.69) is 10.6 Å². The smallest absolute Gasteiger partial charge is 0.273 e. The molecule has 6 heteroatoms. The molecule has 0 aliphatic carbocycles. The maximum Gasteiger partial charge on any atom is 0.273 e. The summed E-state index contributed by atoms with van der Waals surface area (Å²) in [6.07, 6.45) is 1.71. The molecule has 1 aliphatic rings. The van der Waals surface area contributed by atoms with Crippen molar-refractivity contribution >= 4 is 11.6 Å². The molecule has 0 radical (unpaired) electrons. The molecule has 0 atom stereocenters. The Morgan fingerprint density at radius 1 is 1.40 bits per heavy atom. The topological polar surface area (TPSA) is 84.3 Å². The molecule has 0 saturated carbocycles. The maximum absolute atomic E-state index is 12.3. The van der Waals surface area contributed by atoms with Crippen LogP contribution in [0.1, 0.15) is 35.7 Å². The Morgan fingerprint density at radius 3 is 2.65 bits per heavy atom. The first-order chi connectivity index (χ1) is 9.41. The lowest BCUT2D eigenvalue weighted by molar-refractivity contribution is -0.385. The lowest BCUT2D eigenvalue weighted by Gasteiger charge is -2.35. The average Bonchev–Trinajstić information content (AvgIpc) is 2.39. The molecule has 0 spiro atoms. The van der Waals surface area contributed by atoms with Gasteiger partial charge in [-0.05, 0) is 45.8 Å². The van der Waals surface area contributed by atoms with Gasteiger partial charge in [-0.15, -0.1) is 0 Å². The minimum absolute atomic E-state index is 0.0203. The summed E-state index contributed by atoms with van der Waals surface area (Å²) in [7, 11) is 0. The van der Waals surface area contributed by atoms with Crippen molar-refractivity contribution < 1.29 is 9.72 Å². The van der Waals surface area contributed by atoms with Crippen LogP contribution in [0.3, 0.4) is 0 Å². The van der Waals surface area contributed by atoms with Gasteiger partial charge in [0.05, 0.1) is 4.92 Å². The van der Waals surface area contributed by atoms with E-state index < -0.39 is 4.92 Å². The second-order valence-electron chi connectivity index (χ2n) is 5.52. The van der Waals surface area contributed by atoms with Crippen molar-refractivity contribution in [3.05, 3.63) is 39.4 Å². The molecule has 1 amide bonds. The van der Waals surface area contributed by atoms with E-state index >= 15 is 0 Å². The molecule has 1 heterocycles. The number of aryl methyl sites for hydroxylation is 1. The van der Waals surface area contributed by atoms with Crippen LogP contribution >= 0.6 is 0 Å². The highest BCUT2D eigenvalue weighted by atomic mass is 16.6. The Hall–Kier alpha value is -1.95. The van der Waals surface area contributed by atoms with Gasteiger partial charge in [0.1, 0.15) is 0 Å². The van der Waals surface area contributed by atoms with E-state index in [4.69, 9.17) is 0 Å². The van der Waals surface area contributed by atoms with Crippen molar-refractivity contribution in [3.63, 3.8) is 0 Å². The van der Waals surface area contributed by atoms with Crippen LogP contribution in [0.15, 0.2) is 18.2 Å². The van der Waals surface area contributed by atoms with E-state index in [-0.39, 0.29) is 17.1 Å². The third kappa shape index (κ3) is 3.14. The molecule has 108 valence electrons. The first kappa shape index (κ1) is 14.5. The molecule has 20 heavy (non-hydrogen) atoms. The van der Waals surface area contributed by atoms with E-state index in [1.54, 1.807) is 19.1 Å².